The van der Waals surface area contributed by atoms with Gasteiger partial charge in [-0.25, -0.2) is 4.39 Å². The van der Waals surface area contributed by atoms with Gasteiger partial charge in [-0.05, 0) is 48.8 Å². The van der Waals surface area contributed by atoms with Crippen LogP contribution in [0.4, 0.5) is 4.39 Å². The molecular weight excluding hydrogens is 263 g/mol. The Morgan fingerprint density at radius 3 is 2.57 bits per heavy atom. The van der Waals surface area contributed by atoms with Crippen molar-refractivity contribution in [2.45, 2.75) is 45.2 Å². The molecule has 1 aromatic carbocycles. The van der Waals surface area contributed by atoms with Crippen LogP contribution in [-0.4, -0.2) is 36.6 Å². The number of rotatable bonds is 5. The highest BCUT2D eigenvalue weighted by molar-refractivity contribution is 5.16. The summed E-state index contributed by atoms with van der Waals surface area (Å²) in [5.41, 5.74) is 1.24. The summed E-state index contributed by atoms with van der Waals surface area (Å²) < 4.78 is 13.0. The first-order valence-corrected chi connectivity index (χ1v) is 8.35. The Morgan fingerprint density at radius 2 is 1.95 bits per heavy atom. The molecule has 0 spiro atoms. The van der Waals surface area contributed by atoms with E-state index in [9.17, 15) is 4.39 Å². The lowest BCUT2D eigenvalue weighted by molar-refractivity contribution is 0.0935. The molecule has 1 N–H and O–H groups in total. The van der Waals surface area contributed by atoms with Crippen molar-refractivity contribution >= 4 is 0 Å². The van der Waals surface area contributed by atoms with Crippen molar-refractivity contribution in [3.8, 4) is 0 Å². The standard InChI is InChI=1S/C18H27FN2/c1-13(2)18-11-20-17(15-5-6-15)12-21(18)10-9-14-3-7-16(19)8-4-14/h3-4,7-8,13,15,17-18,20H,5-6,9-12H2,1-2H3. The third-order valence-electron chi connectivity index (χ3n) is 5.05. The maximum atomic E-state index is 13.0. The fraction of sp³-hybridized carbons (Fsp3) is 0.667. The Labute approximate surface area is 127 Å². The highest BCUT2D eigenvalue weighted by Crippen LogP contribution is 2.34. The molecular formula is C18H27FN2. The Kier molecular flexibility index (Phi) is 4.60. The van der Waals surface area contributed by atoms with E-state index in [1.807, 2.05) is 12.1 Å². The molecule has 3 rings (SSSR count). The van der Waals surface area contributed by atoms with E-state index in [1.54, 1.807) is 12.1 Å². The van der Waals surface area contributed by atoms with E-state index in [0.29, 0.717) is 18.0 Å². The third-order valence-corrected chi connectivity index (χ3v) is 5.05. The fourth-order valence-electron chi connectivity index (χ4n) is 3.51. The molecule has 0 bridgehead atoms. The van der Waals surface area contributed by atoms with Crippen molar-refractivity contribution < 1.29 is 4.39 Å². The zero-order chi connectivity index (χ0) is 14.8. The summed E-state index contributed by atoms with van der Waals surface area (Å²) in [5, 5.41) is 3.76. The van der Waals surface area contributed by atoms with Crippen molar-refractivity contribution in [1.82, 2.24) is 10.2 Å². The average molecular weight is 290 g/mol. The minimum absolute atomic E-state index is 0.144. The number of benzene rings is 1. The van der Waals surface area contributed by atoms with Gasteiger partial charge < -0.3 is 5.32 Å². The second-order valence-electron chi connectivity index (χ2n) is 7.03. The van der Waals surface area contributed by atoms with Crippen molar-refractivity contribution in [1.29, 1.82) is 0 Å². The van der Waals surface area contributed by atoms with Crippen LogP contribution in [0.25, 0.3) is 0 Å². The van der Waals surface area contributed by atoms with Crippen molar-refractivity contribution in [2.24, 2.45) is 11.8 Å². The van der Waals surface area contributed by atoms with Crippen LogP contribution in [-0.2, 0) is 6.42 Å². The van der Waals surface area contributed by atoms with Crippen LogP contribution < -0.4 is 5.32 Å². The van der Waals surface area contributed by atoms with E-state index in [1.165, 1.54) is 24.9 Å². The molecule has 1 saturated carbocycles. The largest absolute Gasteiger partial charge is 0.311 e. The summed E-state index contributed by atoms with van der Waals surface area (Å²) in [6, 6.07) is 8.29. The van der Waals surface area contributed by atoms with E-state index < -0.39 is 0 Å². The van der Waals surface area contributed by atoms with Gasteiger partial charge in [0.15, 0.2) is 0 Å². The normalized spacial score (nSPS) is 27.2. The highest BCUT2D eigenvalue weighted by Gasteiger charge is 2.37. The summed E-state index contributed by atoms with van der Waals surface area (Å²) in [6.07, 6.45) is 3.81. The van der Waals surface area contributed by atoms with Gasteiger partial charge >= 0.3 is 0 Å². The summed E-state index contributed by atoms with van der Waals surface area (Å²) in [7, 11) is 0. The zero-order valence-corrected chi connectivity index (χ0v) is 13.2. The second kappa shape index (κ2) is 6.45. The first-order chi connectivity index (χ1) is 10.1. The summed E-state index contributed by atoms with van der Waals surface area (Å²) in [5.74, 6) is 1.44. The van der Waals surface area contributed by atoms with Gasteiger partial charge in [-0.1, -0.05) is 26.0 Å². The lowest BCUT2D eigenvalue weighted by atomic mass is 9.96. The van der Waals surface area contributed by atoms with Gasteiger partial charge in [-0.3, -0.25) is 4.90 Å². The monoisotopic (exact) mass is 290 g/mol. The van der Waals surface area contributed by atoms with E-state index in [-0.39, 0.29) is 5.82 Å². The van der Waals surface area contributed by atoms with Crippen LogP contribution in [0.2, 0.25) is 0 Å². The predicted octanol–water partition coefficient (Wildman–Crippen LogP) is 3.08. The Balaban J connectivity index is 1.60. The number of hydrogen-bond donors (Lipinski definition) is 1. The number of nitrogens with one attached hydrogen (secondary N) is 1. The lowest BCUT2D eigenvalue weighted by Gasteiger charge is -2.42. The smallest absolute Gasteiger partial charge is 0.123 e. The van der Waals surface area contributed by atoms with E-state index in [4.69, 9.17) is 0 Å². The number of piperazine rings is 1. The molecule has 2 fully saturated rings. The molecule has 0 amide bonds. The Morgan fingerprint density at radius 1 is 1.24 bits per heavy atom. The van der Waals surface area contributed by atoms with Crippen LogP contribution >= 0.6 is 0 Å². The minimum atomic E-state index is -0.144. The zero-order valence-electron chi connectivity index (χ0n) is 13.2. The maximum absolute atomic E-state index is 13.0. The van der Waals surface area contributed by atoms with Crippen molar-refractivity contribution in [3.63, 3.8) is 0 Å². The molecule has 116 valence electrons. The Hall–Kier alpha value is -0.930. The van der Waals surface area contributed by atoms with Gasteiger partial charge in [0.25, 0.3) is 0 Å². The summed E-state index contributed by atoms with van der Waals surface area (Å²) in [4.78, 5) is 2.66. The fourth-order valence-corrected chi connectivity index (χ4v) is 3.51. The minimum Gasteiger partial charge on any atom is -0.311 e. The third kappa shape index (κ3) is 3.83. The molecule has 0 aromatic heterocycles. The van der Waals surface area contributed by atoms with Crippen molar-refractivity contribution in [2.75, 3.05) is 19.6 Å². The van der Waals surface area contributed by atoms with Crippen LogP contribution in [0.15, 0.2) is 24.3 Å². The molecule has 2 atom stereocenters. The lowest BCUT2D eigenvalue weighted by Crippen LogP contribution is -2.59. The molecule has 1 aromatic rings. The molecule has 1 heterocycles. The number of halogens is 1. The SMILES string of the molecule is CC(C)C1CNC(C2CC2)CN1CCc1ccc(F)cc1. The number of nitrogens with zero attached hydrogens (tertiary/aromatic N) is 1. The quantitative estimate of drug-likeness (QED) is 0.896. The van der Waals surface area contributed by atoms with Crippen LogP contribution in [0.1, 0.15) is 32.3 Å². The second-order valence-corrected chi connectivity index (χ2v) is 7.03. The van der Waals surface area contributed by atoms with E-state index in [0.717, 1.165) is 25.4 Å². The van der Waals surface area contributed by atoms with Gasteiger partial charge in [0.2, 0.25) is 0 Å². The molecule has 2 nitrogen and oxygen atoms in total. The van der Waals surface area contributed by atoms with Gasteiger partial charge in [-0.2, -0.15) is 0 Å². The average Bonchev–Trinajstić information content (AvgIpc) is 3.31. The molecule has 2 unspecified atom stereocenters. The van der Waals surface area contributed by atoms with Crippen molar-refractivity contribution in [3.05, 3.63) is 35.6 Å². The van der Waals surface area contributed by atoms with Gasteiger partial charge in [0.1, 0.15) is 5.82 Å². The van der Waals surface area contributed by atoms with Crippen LogP contribution in [0.5, 0.6) is 0 Å². The predicted molar refractivity (Wildman–Crippen MR) is 84.8 cm³/mol. The van der Waals surface area contributed by atoms with Crippen LogP contribution in [0.3, 0.4) is 0 Å². The van der Waals surface area contributed by atoms with Gasteiger partial charge in [-0.15, -0.1) is 0 Å². The molecule has 3 heteroatoms. The number of hydrogen-bond acceptors (Lipinski definition) is 2. The first-order valence-electron chi connectivity index (χ1n) is 8.35. The van der Waals surface area contributed by atoms with E-state index >= 15 is 0 Å². The van der Waals surface area contributed by atoms with Gasteiger partial charge in [0.05, 0.1) is 0 Å². The maximum Gasteiger partial charge on any atom is 0.123 e. The molecule has 1 aliphatic carbocycles. The van der Waals surface area contributed by atoms with Crippen LogP contribution in [0, 0.1) is 17.7 Å². The van der Waals surface area contributed by atoms with Gasteiger partial charge in [0, 0.05) is 31.7 Å². The molecule has 2 aliphatic rings. The molecule has 1 aliphatic heterocycles. The first kappa shape index (κ1) is 15.0. The highest BCUT2D eigenvalue weighted by atomic mass is 19.1. The molecule has 1 saturated heterocycles. The molecule has 0 radical (unpaired) electrons. The summed E-state index contributed by atoms with van der Waals surface area (Å²) >= 11 is 0. The topological polar surface area (TPSA) is 15.3 Å². The summed E-state index contributed by atoms with van der Waals surface area (Å²) in [6.45, 7) is 8.00. The van der Waals surface area contributed by atoms with E-state index in [2.05, 4.69) is 24.1 Å². The Bertz CT molecular complexity index is 453. The molecule has 21 heavy (non-hydrogen) atoms.